The highest BCUT2D eigenvalue weighted by Crippen LogP contribution is 2.28. The first-order valence-electron chi connectivity index (χ1n) is 9.70. The highest BCUT2D eigenvalue weighted by atomic mass is 35.6. The van der Waals surface area contributed by atoms with Gasteiger partial charge in [-0.2, -0.15) is 0 Å². The van der Waals surface area contributed by atoms with Crippen molar-refractivity contribution >= 4 is 52.7 Å². The van der Waals surface area contributed by atoms with Crippen LogP contribution in [0.5, 0.6) is 0 Å². The molecule has 1 N–H and O–H groups in total. The molecule has 1 heterocycles. The van der Waals surface area contributed by atoms with E-state index in [1.807, 2.05) is 30.3 Å². The minimum absolute atomic E-state index is 0.0618. The average Bonchev–Trinajstić information content (AvgIpc) is 3.04. The van der Waals surface area contributed by atoms with Crippen molar-refractivity contribution in [3.05, 3.63) is 47.8 Å². The third kappa shape index (κ3) is 6.82. The van der Waals surface area contributed by atoms with Gasteiger partial charge < -0.3 is 10.1 Å². The summed E-state index contributed by atoms with van der Waals surface area (Å²) >= 11 is 16.6. The fraction of sp³-hybridized carbons (Fsp3) is 0.476. The molecule has 1 aromatic carbocycles. The van der Waals surface area contributed by atoms with Crippen LogP contribution in [0.4, 0.5) is 9.18 Å². The molecule has 0 aromatic heterocycles. The summed E-state index contributed by atoms with van der Waals surface area (Å²) < 4.78 is 17.7. The van der Waals surface area contributed by atoms with Gasteiger partial charge in [0.1, 0.15) is 12.4 Å². The number of carbonyl (C=O) groups excluding carboxylic acids is 3. The average molecular weight is 494 g/mol. The van der Waals surface area contributed by atoms with Gasteiger partial charge in [0, 0.05) is 0 Å². The van der Waals surface area contributed by atoms with Gasteiger partial charge in [0.2, 0.25) is 5.91 Å². The fourth-order valence-corrected chi connectivity index (χ4v) is 3.34. The molecule has 1 aromatic rings. The molecule has 0 bridgehead atoms. The number of hydrogen-bond donors (Lipinski definition) is 1. The van der Waals surface area contributed by atoms with Crippen molar-refractivity contribution in [2.24, 2.45) is 11.8 Å². The van der Waals surface area contributed by atoms with E-state index in [9.17, 15) is 18.8 Å². The zero-order chi connectivity index (χ0) is 23.3. The third-order valence-corrected chi connectivity index (χ3v) is 5.33. The highest BCUT2D eigenvalue weighted by molar-refractivity contribution is 6.76. The lowest BCUT2D eigenvalue weighted by molar-refractivity contribution is -0.131. The largest absolute Gasteiger partial charge is 0.447 e. The van der Waals surface area contributed by atoms with Crippen LogP contribution in [0.3, 0.4) is 0 Å². The molecule has 3 atom stereocenters. The first-order valence-corrected chi connectivity index (χ1v) is 10.8. The molecule has 2 rings (SSSR count). The second kappa shape index (κ2) is 10.7. The Morgan fingerprint density at radius 2 is 1.87 bits per heavy atom. The summed E-state index contributed by atoms with van der Waals surface area (Å²) in [5, 5.41) is 2.33. The van der Waals surface area contributed by atoms with Gasteiger partial charge in [-0.05, 0) is 30.9 Å². The number of carbonyl (C=O) groups is 3. The minimum Gasteiger partial charge on any atom is -0.447 e. The van der Waals surface area contributed by atoms with Crippen LogP contribution in [0.25, 0.3) is 0 Å². The van der Waals surface area contributed by atoms with E-state index in [4.69, 9.17) is 39.5 Å². The first kappa shape index (κ1) is 25.4. The fourth-order valence-electron chi connectivity index (χ4n) is 3.18. The Kier molecular flexibility index (Phi) is 8.74. The van der Waals surface area contributed by atoms with Crippen LogP contribution in [0.15, 0.2) is 42.2 Å². The van der Waals surface area contributed by atoms with E-state index in [-0.39, 0.29) is 6.61 Å². The van der Waals surface area contributed by atoms with E-state index in [0.29, 0.717) is 6.42 Å². The van der Waals surface area contributed by atoms with Crippen LogP contribution < -0.4 is 5.32 Å². The predicted octanol–water partition coefficient (Wildman–Crippen LogP) is 4.58. The summed E-state index contributed by atoms with van der Waals surface area (Å²) in [5.41, 5.74) is 0.937. The molecule has 10 heteroatoms. The molecular formula is C21H24Cl3FN2O4. The summed E-state index contributed by atoms with van der Waals surface area (Å²) in [4.78, 5) is 38.1. The molecule has 1 fully saturated rings. The van der Waals surface area contributed by atoms with Crippen molar-refractivity contribution in [3.8, 4) is 0 Å². The monoisotopic (exact) mass is 492 g/mol. The highest BCUT2D eigenvalue weighted by Gasteiger charge is 2.40. The number of cyclic esters (lactones) is 1. The Hall–Kier alpha value is -1.83. The second-order valence-corrected chi connectivity index (χ2v) is 9.94. The molecule has 0 saturated carbocycles. The van der Waals surface area contributed by atoms with Gasteiger partial charge in [0.05, 0.1) is 18.0 Å². The number of benzene rings is 1. The molecule has 1 aliphatic rings. The van der Waals surface area contributed by atoms with Gasteiger partial charge in [0.25, 0.3) is 9.70 Å². The summed E-state index contributed by atoms with van der Waals surface area (Å²) in [5.74, 6) is -3.74. The normalized spacial score (nSPS) is 19.2. The molecule has 31 heavy (non-hydrogen) atoms. The Morgan fingerprint density at radius 1 is 1.26 bits per heavy atom. The predicted molar refractivity (Wildman–Crippen MR) is 118 cm³/mol. The molecule has 0 spiro atoms. The van der Waals surface area contributed by atoms with Gasteiger partial charge in [-0.25, -0.2) is 14.1 Å². The molecule has 3 amide bonds. The maximum absolute atomic E-state index is 14.9. The zero-order valence-electron chi connectivity index (χ0n) is 17.3. The van der Waals surface area contributed by atoms with E-state index in [1.165, 1.54) is 6.92 Å². The molecule has 1 unspecified atom stereocenters. The van der Waals surface area contributed by atoms with Crippen molar-refractivity contribution in [1.82, 2.24) is 10.2 Å². The maximum Gasteiger partial charge on any atom is 0.417 e. The van der Waals surface area contributed by atoms with Gasteiger partial charge >= 0.3 is 6.09 Å². The van der Waals surface area contributed by atoms with Gasteiger partial charge in [0.15, 0.2) is 0 Å². The van der Waals surface area contributed by atoms with Crippen LogP contribution in [0.2, 0.25) is 0 Å². The van der Waals surface area contributed by atoms with E-state index in [2.05, 4.69) is 5.32 Å². The number of ether oxygens (including phenoxy) is 1. The number of rotatable bonds is 7. The van der Waals surface area contributed by atoms with Crippen molar-refractivity contribution in [1.29, 1.82) is 0 Å². The van der Waals surface area contributed by atoms with Crippen LogP contribution in [0.1, 0.15) is 26.3 Å². The van der Waals surface area contributed by atoms with Gasteiger partial charge in [-0.1, -0.05) is 79.0 Å². The Labute approximate surface area is 195 Å². The molecule has 0 aliphatic carbocycles. The number of hydrogen-bond acceptors (Lipinski definition) is 4. The SMILES string of the molecule is CC(C)[C@H](NC(=O)C(Cl)(Cl)Cl)/C(F)=C/[C@@H](C)C(=O)N1C(=O)OCC1Cc1ccccc1. The van der Waals surface area contributed by atoms with Crippen LogP contribution in [-0.4, -0.2) is 45.3 Å². The van der Waals surface area contributed by atoms with Gasteiger partial charge in [-0.15, -0.1) is 0 Å². The summed E-state index contributed by atoms with van der Waals surface area (Å²) in [7, 11) is 0. The van der Waals surface area contributed by atoms with E-state index in [0.717, 1.165) is 16.5 Å². The summed E-state index contributed by atoms with van der Waals surface area (Å²) in [6.45, 7) is 4.85. The molecule has 0 radical (unpaired) electrons. The molecule has 170 valence electrons. The van der Waals surface area contributed by atoms with Crippen LogP contribution in [-0.2, 0) is 20.7 Å². The second-order valence-electron chi connectivity index (χ2n) is 7.66. The molecular weight excluding hydrogens is 470 g/mol. The number of alkyl halides is 3. The summed E-state index contributed by atoms with van der Waals surface area (Å²) in [6.07, 6.45) is 0.707. The van der Waals surface area contributed by atoms with E-state index < -0.39 is 51.4 Å². The topological polar surface area (TPSA) is 75.7 Å². The van der Waals surface area contributed by atoms with Crippen molar-refractivity contribution in [2.45, 2.75) is 43.1 Å². The lowest BCUT2D eigenvalue weighted by atomic mass is 9.99. The lowest BCUT2D eigenvalue weighted by Gasteiger charge is -2.25. The van der Waals surface area contributed by atoms with E-state index >= 15 is 0 Å². The van der Waals surface area contributed by atoms with E-state index in [1.54, 1.807) is 13.8 Å². The standard InChI is InChI=1S/C21H24Cl3FN2O4/c1-12(2)17(26-19(29)21(22,23)24)16(25)9-13(3)18(28)27-15(11-31-20(27)30)10-14-7-5-4-6-8-14/h4-9,12-13,15,17H,10-11H2,1-3H3,(H,26,29)/b16-9-/t13-,15?,17+/m1/s1. The smallest absolute Gasteiger partial charge is 0.417 e. The molecule has 1 saturated heterocycles. The van der Waals surface area contributed by atoms with Crippen LogP contribution in [0, 0.1) is 11.8 Å². The van der Waals surface area contributed by atoms with Crippen LogP contribution >= 0.6 is 34.8 Å². The Morgan fingerprint density at radius 3 is 2.42 bits per heavy atom. The van der Waals surface area contributed by atoms with Crippen molar-refractivity contribution < 1.29 is 23.5 Å². The minimum atomic E-state index is -2.25. The Bertz CT molecular complexity index is 843. The molecule has 6 nitrogen and oxygen atoms in total. The molecule has 1 aliphatic heterocycles. The zero-order valence-corrected chi connectivity index (χ0v) is 19.5. The first-order chi connectivity index (χ1) is 14.4. The lowest BCUT2D eigenvalue weighted by Crippen LogP contribution is -2.45. The quantitative estimate of drug-likeness (QED) is 0.564. The third-order valence-electron chi connectivity index (χ3n) is 4.82. The number of nitrogens with one attached hydrogen (secondary N) is 1. The maximum atomic E-state index is 14.9. The number of halogens is 4. The Balaban J connectivity index is 2.16. The van der Waals surface area contributed by atoms with Gasteiger partial charge in [-0.3, -0.25) is 9.59 Å². The number of nitrogens with zero attached hydrogens (tertiary/aromatic N) is 1. The van der Waals surface area contributed by atoms with Crippen molar-refractivity contribution in [3.63, 3.8) is 0 Å². The van der Waals surface area contributed by atoms with Crippen molar-refractivity contribution in [2.75, 3.05) is 6.61 Å². The number of imide groups is 1. The number of amides is 3. The summed E-state index contributed by atoms with van der Waals surface area (Å²) in [6, 6.07) is 7.75.